The molecule has 1 aromatic rings. The SMILES string of the molecule is [CH2]Cc1ccccc1NC(=N)N. The highest BCUT2D eigenvalue weighted by Crippen LogP contribution is 2.14. The minimum Gasteiger partial charge on any atom is -0.370 e. The number of benzene rings is 1. The van der Waals surface area contributed by atoms with Crippen LogP contribution in [0.25, 0.3) is 0 Å². The molecule has 0 saturated carbocycles. The summed E-state index contributed by atoms with van der Waals surface area (Å²) in [5.74, 6) is -0.0455. The monoisotopic (exact) mass is 162 g/mol. The maximum atomic E-state index is 7.05. The number of nitrogens with one attached hydrogen (secondary N) is 2. The molecule has 1 aromatic carbocycles. The zero-order chi connectivity index (χ0) is 8.97. The summed E-state index contributed by atoms with van der Waals surface area (Å²) in [5, 5.41) is 9.80. The van der Waals surface area contributed by atoms with Gasteiger partial charge in [-0.2, -0.15) is 0 Å². The minimum absolute atomic E-state index is 0.0455. The van der Waals surface area contributed by atoms with Crippen LogP contribution >= 0.6 is 0 Å². The third kappa shape index (κ3) is 1.99. The van der Waals surface area contributed by atoms with Crippen molar-refractivity contribution in [2.45, 2.75) is 6.42 Å². The van der Waals surface area contributed by atoms with Crippen LogP contribution in [-0.4, -0.2) is 5.96 Å². The quantitative estimate of drug-likeness (QED) is 0.454. The third-order valence-corrected chi connectivity index (χ3v) is 1.56. The summed E-state index contributed by atoms with van der Waals surface area (Å²) in [5.41, 5.74) is 7.12. The molecule has 12 heavy (non-hydrogen) atoms. The van der Waals surface area contributed by atoms with E-state index in [4.69, 9.17) is 11.1 Å². The van der Waals surface area contributed by atoms with E-state index in [2.05, 4.69) is 12.2 Å². The number of nitrogens with two attached hydrogens (primary N) is 1. The highest BCUT2D eigenvalue weighted by Gasteiger charge is 1.98. The Morgan fingerprint density at radius 1 is 1.50 bits per heavy atom. The lowest BCUT2D eigenvalue weighted by atomic mass is 10.1. The molecule has 0 unspecified atom stereocenters. The number of para-hydroxylation sites is 1. The van der Waals surface area contributed by atoms with E-state index in [1.807, 2.05) is 24.3 Å². The van der Waals surface area contributed by atoms with Crippen molar-refractivity contribution in [3.8, 4) is 0 Å². The molecular weight excluding hydrogens is 150 g/mol. The van der Waals surface area contributed by atoms with Gasteiger partial charge in [-0.15, -0.1) is 0 Å². The third-order valence-electron chi connectivity index (χ3n) is 1.56. The molecule has 0 amide bonds. The highest BCUT2D eigenvalue weighted by atomic mass is 15.0. The Kier molecular flexibility index (Phi) is 2.69. The van der Waals surface area contributed by atoms with Crippen molar-refractivity contribution in [1.29, 1.82) is 5.41 Å². The summed E-state index contributed by atoms with van der Waals surface area (Å²) < 4.78 is 0. The van der Waals surface area contributed by atoms with Gasteiger partial charge in [-0.1, -0.05) is 18.2 Å². The van der Waals surface area contributed by atoms with Gasteiger partial charge in [-0.3, -0.25) is 5.41 Å². The average Bonchev–Trinajstić information content (AvgIpc) is 2.04. The maximum absolute atomic E-state index is 7.05. The molecular formula is C9H12N3. The number of hydrogen-bond acceptors (Lipinski definition) is 1. The molecule has 4 N–H and O–H groups in total. The van der Waals surface area contributed by atoms with Crippen LogP contribution in [0.15, 0.2) is 24.3 Å². The molecule has 0 bridgehead atoms. The summed E-state index contributed by atoms with van der Waals surface area (Å²) in [6, 6.07) is 7.66. The van der Waals surface area contributed by atoms with Crippen molar-refractivity contribution in [3.05, 3.63) is 36.8 Å². The lowest BCUT2D eigenvalue weighted by Crippen LogP contribution is -2.21. The van der Waals surface area contributed by atoms with Gasteiger partial charge in [0, 0.05) is 5.69 Å². The highest BCUT2D eigenvalue weighted by molar-refractivity contribution is 5.90. The molecule has 0 aliphatic carbocycles. The molecule has 0 spiro atoms. The van der Waals surface area contributed by atoms with E-state index < -0.39 is 0 Å². The summed E-state index contributed by atoms with van der Waals surface area (Å²) >= 11 is 0. The van der Waals surface area contributed by atoms with Crippen molar-refractivity contribution in [3.63, 3.8) is 0 Å². The van der Waals surface area contributed by atoms with Crippen molar-refractivity contribution in [2.24, 2.45) is 5.73 Å². The molecule has 3 heteroatoms. The van der Waals surface area contributed by atoms with Crippen molar-refractivity contribution in [2.75, 3.05) is 5.32 Å². The van der Waals surface area contributed by atoms with Gasteiger partial charge in [0.05, 0.1) is 0 Å². The molecule has 0 aliphatic heterocycles. The zero-order valence-corrected chi connectivity index (χ0v) is 6.80. The number of anilines is 1. The Bertz CT molecular complexity index is 281. The second-order valence-corrected chi connectivity index (χ2v) is 2.45. The maximum Gasteiger partial charge on any atom is 0.190 e. The molecule has 0 aliphatic rings. The first-order valence-electron chi connectivity index (χ1n) is 3.72. The number of hydrogen-bond donors (Lipinski definition) is 3. The molecule has 63 valence electrons. The average molecular weight is 162 g/mol. The molecule has 0 aromatic heterocycles. The second kappa shape index (κ2) is 3.76. The smallest absolute Gasteiger partial charge is 0.190 e. The molecule has 3 nitrogen and oxygen atoms in total. The topological polar surface area (TPSA) is 61.9 Å². The molecule has 0 atom stereocenters. The van der Waals surface area contributed by atoms with Crippen LogP contribution in [0.5, 0.6) is 0 Å². The fourth-order valence-corrected chi connectivity index (χ4v) is 1.01. The van der Waals surface area contributed by atoms with Crippen LogP contribution < -0.4 is 11.1 Å². The van der Waals surface area contributed by atoms with Crippen molar-refractivity contribution >= 4 is 11.6 Å². The van der Waals surface area contributed by atoms with E-state index in [1.54, 1.807) is 0 Å². The van der Waals surface area contributed by atoms with Crippen molar-refractivity contribution < 1.29 is 0 Å². The van der Waals surface area contributed by atoms with E-state index in [1.165, 1.54) is 0 Å². The van der Waals surface area contributed by atoms with Gasteiger partial charge < -0.3 is 11.1 Å². The fraction of sp³-hybridized carbons (Fsp3) is 0.111. The predicted molar refractivity (Wildman–Crippen MR) is 51.0 cm³/mol. The summed E-state index contributed by atoms with van der Waals surface area (Å²) in [4.78, 5) is 0. The van der Waals surface area contributed by atoms with Crippen molar-refractivity contribution in [1.82, 2.24) is 0 Å². The van der Waals surface area contributed by atoms with Crippen LogP contribution in [0.1, 0.15) is 5.56 Å². The molecule has 0 saturated heterocycles. The number of rotatable bonds is 2. The Labute approximate surface area is 72.1 Å². The van der Waals surface area contributed by atoms with Crippen LogP contribution in [0.3, 0.4) is 0 Å². The lowest BCUT2D eigenvalue weighted by Gasteiger charge is -2.07. The van der Waals surface area contributed by atoms with Crippen LogP contribution in [0, 0.1) is 12.3 Å². The van der Waals surface area contributed by atoms with Crippen LogP contribution in [-0.2, 0) is 6.42 Å². The summed E-state index contributed by atoms with van der Waals surface area (Å²) in [6.45, 7) is 3.77. The molecule has 1 rings (SSSR count). The van der Waals surface area contributed by atoms with E-state index >= 15 is 0 Å². The number of guanidine groups is 1. The standard InChI is InChI=1S/C9H12N3/c1-2-7-5-3-4-6-8(7)12-9(10)11/h3-6H,1-2H2,(H4,10,11,12). The van der Waals surface area contributed by atoms with Gasteiger partial charge >= 0.3 is 0 Å². The normalized spacial score (nSPS) is 9.42. The van der Waals surface area contributed by atoms with E-state index in [9.17, 15) is 0 Å². The van der Waals surface area contributed by atoms with Gasteiger partial charge in [0.15, 0.2) is 5.96 Å². The van der Waals surface area contributed by atoms with Gasteiger partial charge in [0.2, 0.25) is 0 Å². The first-order valence-corrected chi connectivity index (χ1v) is 3.72. The largest absolute Gasteiger partial charge is 0.370 e. The Morgan fingerprint density at radius 3 is 2.75 bits per heavy atom. The fourth-order valence-electron chi connectivity index (χ4n) is 1.01. The molecule has 0 fully saturated rings. The van der Waals surface area contributed by atoms with Crippen LogP contribution in [0.4, 0.5) is 5.69 Å². The van der Waals surface area contributed by atoms with E-state index in [0.717, 1.165) is 11.3 Å². The van der Waals surface area contributed by atoms with Crippen LogP contribution in [0.2, 0.25) is 0 Å². The van der Waals surface area contributed by atoms with Gasteiger partial charge in [-0.25, -0.2) is 0 Å². The van der Waals surface area contributed by atoms with Gasteiger partial charge in [-0.05, 0) is 25.0 Å². The molecule has 0 heterocycles. The molecule has 1 radical (unpaired) electrons. The Balaban J connectivity index is 2.89. The summed E-state index contributed by atoms with van der Waals surface area (Å²) in [7, 11) is 0. The van der Waals surface area contributed by atoms with E-state index in [0.29, 0.717) is 6.42 Å². The summed E-state index contributed by atoms with van der Waals surface area (Å²) in [6.07, 6.45) is 0.691. The Hall–Kier alpha value is -1.51. The predicted octanol–water partition coefficient (Wildman–Crippen LogP) is 1.37. The first kappa shape index (κ1) is 8.59. The zero-order valence-electron chi connectivity index (χ0n) is 6.80. The lowest BCUT2D eigenvalue weighted by molar-refractivity contribution is 1.26. The Morgan fingerprint density at radius 2 is 2.17 bits per heavy atom. The van der Waals surface area contributed by atoms with E-state index in [-0.39, 0.29) is 5.96 Å². The first-order chi connectivity index (χ1) is 5.74. The van der Waals surface area contributed by atoms with Gasteiger partial charge in [0.25, 0.3) is 0 Å². The van der Waals surface area contributed by atoms with Gasteiger partial charge in [0.1, 0.15) is 0 Å². The second-order valence-electron chi connectivity index (χ2n) is 2.45. The minimum atomic E-state index is -0.0455.